The molecule has 1 rings (SSSR count). The second-order valence-electron chi connectivity index (χ2n) is 3.32. The molecular formula is C9H15O2. The van der Waals surface area contributed by atoms with Crippen molar-refractivity contribution in [1.29, 1.82) is 0 Å². The molecule has 0 aliphatic heterocycles. The van der Waals surface area contributed by atoms with E-state index in [1.807, 2.05) is 0 Å². The van der Waals surface area contributed by atoms with E-state index >= 15 is 0 Å². The minimum atomic E-state index is -0.711. The van der Waals surface area contributed by atoms with Crippen LogP contribution in [0.3, 0.4) is 0 Å². The molecule has 0 amide bonds. The van der Waals surface area contributed by atoms with Crippen molar-refractivity contribution in [2.45, 2.75) is 39.0 Å². The molecule has 1 saturated carbocycles. The van der Waals surface area contributed by atoms with Crippen LogP contribution in [0.25, 0.3) is 0 Å². The summed E-state index contributed by atoms with van der Waals surface area (Å²) in [5.74, 6) is 0.308. The minimum Gasteiger partial charge on any atom is -0.481 e. The summed E-state index contributed by atoms with van der Waals surface area (Å²) in [5.41, 5.74) is 0. The number of hydrogen-bond acceptors (Lipinski definition) is 1. The van der Waals surface area contributed by atoms with Crippen molar-refractivity contribution >= 4 is 5.97 Å². The van der Waals surface area contributed by atoms with Gasteiger partial charge in [-0.25, -0.2) is 0 Å². The standard InChI is InChI=1S/C9H15O2/c1-7(9(10)11)8-5-3-2-4-6-8/h8H,2-6H2,1H3,(H,10,11). The fourth-order valence-electron chi connectivity index (χ4n) is 1.71. The number of aliphatic carboxylic acids is 1. The Kier molecular flexibility index (Phi) is 2.92. The molecule has 1 radical (unpaired) electrons. The average Bonchev–Trinajstić information content (AvgIpc) is 2.05. The van der Waals surface area contributed by atoms with Crippen molar-refractivity contribution in [3.63, 3.8) is 0 Å². The Labute approximate surface area is 67.6 Å². The van der Waals surface area contributed by atoms with Gasteiger partial charge in [0.25, 0.3) is 0 Å². The maximum Gasteiger partial charge on any atom is 0.310 e. The topological polar surface area (TPSA) is 37.3 Å². The molecule has 1 aliphatic rings. The number of rotatable bonds is 2. The van der Waals surface area contributed by atoms with E-state index in [1.54, 1.807) is 6.92 Å². The first kappa shape index (κ1) is 8.57. The van der Waals surface area contributed by atoms with Crippen LogP contribution in [0.15, 0.2) is 0 Å². The zero-order valence-corrected chi connectivity index (χ0v) is 6.97. The van der Waals surface area contributed by atoms with Crippen molar-refractivity contribution in [3.8, 4) is 0 Å². The molecule has 0 saturated heterocycles. The second kappa shape index (κ2) is 3.74. The fraction of sp³-hybridized carbons (Fsp3) is 0.778. The maximum atomic E-state index is 10.6. The van der Waals surface area contributed by atoms with E-state index in [1.165, 1.54) is 19.3 Å². The Morgan fingerprint density at radius 2 is 1.82 bits per heavy atom. The van der Waals surface area contributed by atoms with Gasteiger partial charge in [-0.3, -0.25) is 4.79 Å². The number of carboxylic acid groups (broad SMARTS) is 1. The van der Waals surface area contributed by atoms with E-state index in [-0.39, 0.29) is 0 Å². The van der Waals surface area contributed by atoms with Gasteiger partial charge < -0.3 is 5.11 Å². The average molecular weight is 155 g/mol. The highest BCUT2D eigenvalue weighted by molar-refractivity contribution is 5.82. The van der Waals surface area contributed by atoms with Crippen LogP contribution in [0.2, 0.25) is 0 Å². The van der Waals surface area contributed by atoms with Crippen LogP contribution in [0.4, 0.5) is 0 Å². The summed E-state index contributed by atoms with van der Waals surface area (Å²) < 4.78 is 0. The lowest BCUT2D eigenvalue weighted by molar-refractivity contribution is -0.135. The zero-order chi connectivity index (χ0) is 8.27. The predicted molar refractivity (Wildman–Crippen MR) is 43.1 cm³/mol. The third-order valence-electron chi connectivity index (χ3n) is 2.55. The van der Waals surface area contributed by atoms with Crippen LogP contribution < -0.4 is 0 Å². The monoisotopic (exact) mass is 155 g/mol. The quantitative estimate of drug-likeness (QED) is 0.664. The van der Waals surface area contributed by atoms with Gasteiger partial charge in [-0.05, 0) is 25.7 Å². The summed E-state index contributed by atoms with van der Waals surface area (Å²) in [6, 6.07) is 0. The van der Waals surface area contributed by atoms with Gasteiger partial charge in [-0.2, -0.15) is 0 Å². The smallest absolute Gasteiger partial charge is 0.310 e. The summed E-state index contributed by atoms with van der Waals surface area (Å²) in [5, 5.41) is 8.70. The molecule has 0 atom stereocenters. The van der Waals surface area contributed by atoms with Crippen molar-refractivity contribution < 1.29 is 9.90 Å². The van der Waals surface area contributed by atoms with Gasteiger partial charge in [-0.1, -0.05) is 19.3 Å². The van der Waals surface area contributed by atoms with Gasteiger partial charge in [0.05, 0.1) is 5.92 Å². The highest BCUT2D eigenvalue weighted by Crippen LogP contribution is 2.30. The summed E-state index contributed by atoms with van der Waals surface area (Å²) in [6.45, 7) is 1.75. The van der Waals surface area contributed by atoms with Crippen molar-refractivity contribution in [2.24, 2.45) is 5.92 Å². The Bertz CT molecular complexity index is 136. The zero-order valence-electron chi connectivity index (χ0n) is 6.97. The van der Waals surface area contributed by atoms with Gasteiger partial charge in [0, 0.05) is 0 Å². The van der Waals surface area contributed by atoms with E-state index in [9.17, 15) is 4.79 Å². The van der Waals surface area contributed by atoms with Crippen LogP contribution in [0.1, 0.15) is 39.0 Å². The SMILES string of the molecule is C[C](C(=O)O)C1CCCCC1. The normalized spacial score (nSPS) is 20.5. The lowest BCUT2D eigenvalue weighted by Crippen LogP contribution is -2.20. The molecule has 0 aromatic carbocycles. The minimum absolute atomic E-state index is 0.362. The first-order valence-electron chi connectivity index (χ1n) is 4.28. The highest BCUT2D eigenvalue weighted by atomic mass is 16.4. The van der Waals surface area contributed by atoms with E-state index in [4.69, 9.17) is 5.11 Å². The molecule has 2 heteroatoms. The molecule has 0 unspecified atom stereocenters. The lowest BCUT2D eigenvalue weighted by atomic mass is 9.81. The van der Waals surface area contributed by atoms with E-state index in [0.29, 0.717) is 11.8 Å². The predicted octanol–water partition coefficient (Wildman–Crippen LogP) is 2.25. The number of hydrogen-bond donors (Lipinski definition) is 1. The summed E-state index contributed by atoms with van der Waals surface area (Å²) in [6.07, 6.45) is 5.85. The molecule has 1 N–H and O–H groups in total. The summed E-state index contributed by atoms with van der Waals surface area (Å²) in [7, 11) is 0. The maximum absolute atomic E-state index is 10.6. The molecule has 0 aromatic heterocycles. The second-order valence-corrected chi connectivity index (χ2v) is 3.32. The lowest BCUT2D eigenvalue weighted by Gasteiger charge is -2.23. The van der Waals surface area contributed by atoms with Gasteiger partial charge in [0.1, 0.15) is 0 Å². The van der Waals surface area contributed by atoms with Crippen LogP contribution in [-0.4, -0.2) is 11.1 Å². The van der Waals surface area contributed by atoms with Crippen molar-refractivity contribution in [3.05, 3.63) is 5.92 Å². The molecule has 1 aliphatic carbocycles. The highest BCUT2D eigenvalue weighted by Gasteiger charge is 2.25. The molecule has 63 valence electrons. The summed E-state index contributed by atoms with van der Waals surface area (Å²) >= 11 is 0. The third-order valence-corrected chi connectivity index (χ3v) is 2.55. The first-order chi connectivity index (χ1) is 5.22. The molecule has 2 nitrogen and oxygen atoms in total. The Balaban J connectivity index is 2.38. The van der Waals surface area contributed by atoms with Gasteiger partial charge in [-0.15, -0.1) is 0 Å². The van der Waals surface area contributed by atoms with E-state index in [0.717, 1.165) is 12.8 Å². The van der Waals surface area contributed by atoms with Crippen LogP contribution in [0.5, 0.6) is 0 Å². The molecule has 0 heterocycles. The largest absolute Gasteiger partial charge is 0.481 e. The third kappa shape index (κ3) is 2.21. The molecule has 0 spiro atoms. The summed E-state index contributed by atoms with van der Waals surface area (Å²) in [4.78, 5) is 10.6. The Morgan fingerprint density at radius 3 is 2.27 bits per heavy atom. The molecule has 11 heavy (non-hydrogen) atoms. The van der Waals surface area contributed by atoms with E-state index < -0.39 is 5.97 Å². The van der Waals surface area contributed by atoms with Crippen LogP contribution in [0, 0.1) is 11.8 Å². The number of carbonyl (C=O) groups is 1. The van der Waals surface area contributed by atoms with Gasteiger partial charge >= 0.3 is 5.97 Å². The molecule has 0 aromatic rings. The van der Waals surface area contributed by atoms with Crippen molar-refractivity contribution in [1.82, 2.24) is 0 Å². The molecule has 1 fully saturated rings. The Morgan fingerprint density at radius 1 is 1.27 bits per heavy atom. The van der Waals surface area contributed by atoms with Crippen LogP contribution in [-0.2, 0) is 4.79 Å². The number of carboxylic acids is 1. The van der Waals surface area contributed by atoms with Crippen molar-refractivity contribution in [2.75, 3.05) is 0 Å². The van der Waals surface area contributed by atoms with E-state index in [2.05, 4.69) is 0 Å². The molecular weight excluding hydrogens is 140 g/mol. The van der Waals surface area contributed by atoms with Gasteiger partial charge in [0.2, 0.25) is 0 Å². The fourth-order valence-corrected chi connectivity index (χ4v) is 1.71. The first-order valence-corrected chi connectivity index (χ1v) is 4.28. The van der Waals surface area contributed by atoms with Gasteiger partial charge in [0.15, 0.2) is 0 Å². The Hall–Kier alpha value is -0.530. The van der Waals surface area contributed by atoms with Crippen LogP contribution >= 0.6 is 0 Å². The molecule has 0 bridgehead atoms.